The van der Waals surface area contributed by atoms with Crippen LogP contribution in [0.15, 0.2) is 11.7 Å². The predicted molar refractivity (Wildman–Crippen MR) is 81.2 cm³/mol. The molecule has 0 N–H and O–H groups in total. The first-order valence-corrected chi connectivity index (χ1v) is 7.81. The van der Waals surface area contributed by atoms with Gasteiger partial charge in [0.05, 0.1) is 20.8 Å². The third-order valence-electron chi connectivity index (χ3n) is 3.05. The molecule has 0 aromatic carbocycles. The molecule has 0 aliphatic heterocycles. The van der Waals surface area contributed by atoms with Crippen LogP contribution in [0.2, 0.25) is 0 Å². The normalized spacial score (nSPS) is 12.0. The second kappa shape index (κ2) is 14.5. The maximum absolute atomic E-state index is 5.45. The molecule has 0 aliphatic rings. The van der Waals surface area contributed by atoms with Crippen molar-refractivity contribution < 1.29 is 18.9 Å². The lowest BCUT2D eigenvalue weighted by atomic mass is 10.1. The van der Waals surface area contributed by atoms with E-state index in [0.29, 0.717) is 5.95 Å². The first-order chi connectivity index (χ1) is 9.79. The summed E-state index contributed by atoms with van der Waals surface area (Å²) < 4.78 is 21.3. The van der Waals surface area contributed by atoms with Crippen LogP contribution in [-0.4, -0.2) is 27.6 Å². The smallest absolute Gasteiger partial charge is 0.320 e. The van der Waals surface area contributed by atoms with Crippen molar-refractivity contribution in [3.8, 4) is 0 Å². The molecule has 0 spiro atoms. The summed E-state index contributed by atoms with van der Waals surface area (Å²) in [6.45, 7) is 5.27. The maximum Gasteiger partial charge on any atom is 0.320 e. The highest BCUT2D eigenvalue weighted by Crippen LogP contribution is 2.14. The number of unbranched alkanes of at least 4 members (excludes halogenated alkanes) is 5. The van der Waals surface area contributed by atoms with Gasteiger partial charge in [-0.15, -0.1) is 0 Å². The van der Waals surface area contributed by atoms with Crippen molar-refractivity contribution in [3.05, 3.63) is 11.7 Å². The van der Waals surface area contributed by atoms with Crippen molar-refractivity contribution in [1.82, 2.24) is 0 Å². The summed E-state index contributed by atoms with van der Waals surface area (Å²) in [5, 5.41) is 0. The van der Waals surface area contributed by atoms with E-state index in [1.807, 2.05) is 0 Å². The van der Waals surface area contributed by atoms with Gasteiger partial charge in [-0.05, 0) is 12.8 Å². The minimum Gasteiger partial charge on any atom is -0.494 e. The molecule has 0 unspecified atom stereocenters. The first kappa shape index (κ1) is 19.1. The summed E-state index contributed by atoms with van der Waals surface area (Å²) in [7, 11) is 3.21. The number of ether oxygens (including phenoxy) is 4. The molecule has 0 aliphatic carbocycles. The van der Waals surface area contributed by atoms with E-state index in [1.54, 1.807) is 14.2 Å². The molecule has 0 saturated heterocycles. The van der Waals surface area contributed by atoms with Gasteiger partial charge in [0.25, 0.3) is 0 Å². The Morgan fingerprint density at radius 3 is 2.10 bits per heavy atom. The summed E-state index contributed by atoms with van der Waals surface area (Å²) in [6, 6.07) is 0. The zero-order valence-electron chi connectivity index (χ0n) is 13.7. The number of hydrogen-bond acceptors (Lipinski definition) is 4. The molecule has 0 radical (unpaired) electrons. The van der Waals surface area contributed by atoms with Gasteiger partial charge in [-0.25, -0.2) is 0 Å². The Labute approximate surface area is 124 Å². The molecule has 120 valence electrons. The topological polar surface area (TPSA) is 36.9 Å². The van der Waals surface area contributed by atoms with Crippen molar-refractivity contribution in [3.63, 3.8) is 0 Å². The molecule has 0 atom stereocenters. The Morgan fingerprint density at radius 2 is 1.50 bits per heavy atom. The Kier molecular flexibility index (Phi) is 13.9. The molecule has 0 rings (SSSR count). The molecule has 0 aromatic heterocycles. The van der Waals surface area contributed by atoms with Crippen LogP contribution in [0.4, 0.5) is 0 Å². The highest BCUT2D eigenvalue weighted by molar-refractivity contribution is 4.94. The molecule has 4 nitrogen and oxygen atoms in total. The van der Waals surface area contributed by atoms with Crippen LogP contribution in [0.5, 0.6) is 0 Å². The molecular formula is C16H32O4. The fourth-order valence-corrected chi connectivity index (χ4v) is 1.91. The number of rotatable bonds is 14. The highest BCUT2D eigenvalue weighted by Gasteiger charge is 2.08. The lowest BCUT2D eigenvalue weighted by molar-refractivity contribution is -0.0746. The van der Waals surface area contributed by atoms with E-state index < -0.39 is 0 Å². The van der Waals surface area contributed by atoms with Crippen LogP contribution in [-0.2, 0) is 18.9 Å². The summed E-state index contributed by atoms with van der Waals surface area (Å²) in [4.78, 5) is 0. The monoisotopic (exact) mass is 288 g/mol. The van der Waals surface area contributed by atoms with Crippen LogP contribution in [0.3, 0.4) is 0 Å². The molecule has 0 bridgehead atoms. The van der Waals surface area contributed by atoms with E-state index >= 15 is 0 Å². The highest BCUT2D eigenvalue weighted by atomic mass is 16.7. The van der Waals surface area contributed by atoms with E-state index in [9.17, 15) is 0 Å². The van der Waals surface area contributed by atoms with Crippen LogP contribution in [0.1, 0.15) is 65.2 Å². The summed E-state index contributed by atoms with van der Waals surface area (Å²) in [6.07, 6.45) is 9.36. The molecule has 0 amide bonds. The quantitative estimate of drug-likeness (QED) is 0.266. The van der Waals surface area contributed by atoms with Gasteiger partial charge in [-0.2, -0.15) is 0 Å². The summed E-state index contributed by atoms with van der Waals surface area (Å²) in [5.41, 5.74) is 0. The maximum atomic E-state index is 5.45. The van der Waals surface area contributed by atoms with E-state index in [0.717, 1.165) is 31.6 Å². The molecule has 0 heterocycles. The third kappa shape index (κ3) is 9.96. The lowest BCUT2D eigenvalue weighted by Crippen LogP contribution is -2.06. The molecule has 0 aromatic rings. The van der Waals surface area contributed by atoms with Crippen LogP contribution in [0, 0.1) is 0 Å². The fraction of sp³-hybridized carbons (Fsp3) is 0.875. The molecule has 0 saturated carbocycles. The number of hydrogen-bond donors (Lipinski definition) is 0. The third-order valence-corrected chi connectivity index (χ3v) is 3.05. The zero-order chi connectivity index (χ0) is 15.1. The molecule has 20 heavy (non-hydrogen) atoms. The number of allylic oxidation sites excluding steroid dienone is 1. The zero-order valence-corrected chi connectivity index (χ0v) is 13.7. The van der Waals surface area contributed by atoms with Gasteiger partial charge >= 0.3 is 5.95 Å². The first-order valence-electron chi connectivity index (χ1n) is 7.81. The van der Waals surface area contributed by atoms with Crippen molar-refractivity contribution in [2.45, 2.75) is 65.2 Å². The summed E-state index contributed by atoms with van der Waals surface area (Å²) >= 11 is 0. The van der Waals surface area contributed by atoms with E-state index in [-0.39, 0.29) is 6.79 Å². The molecule has 4 heteroatoms. The largest absolute Gasteiger partial charge is 0.494 e. The van der Waals surface area contributed by atoms with Gasteiger partial charge in [0.15, 0.2) is 12.6 Å². The predicted octanol–water partition coefficient (Wildman–Crippen LogP) is 4.60. The van der Waals surface area contributed by atoms with Gasteiger partial charge in [0.1, 0.15) is 0 Å². The van der Waals surface area contributed by atoms with Gasteiger partial charge < -0.3 is 18.9 Å². The second-order valence-corrected chi connectivity index (χ2v) is 4.81. The minimum atomic E-state index is 0.217. The van der Waals surface area contributed by atoms with Crippen molar-refractivity contribution >= 4 is 0 Å². The van der Waals surface area contributed by atoms with E-state index in [4.69, 9.17) is 18.9 Å². The van der Waals surface area contributed by atoms with Crippen LogP contribution < -0.4 is 0 Å². The van der Waals surface area contributed by atoms with Gasteiger partial charge in [-0.1, -0.05) is 46.0 Å². The Morgan fingerprint density at radius 1 is 0.800 bits per heavy atom. The van der Waals surface area contributed by atoms with E-state index in [2.05, 4.69) is 13.8 Å². The van der Waals surface area contributed by atoms with Gasteiger partial charge in [0, 0.05) is 6.42 Å². The van der Waals surface area contributed by atoms with Crippen molar-refractivity contribution in [2.75, 3.05) is 27.6 Å². The van der Waals surface area contributed by atoms with Crippen LogP contribution in [0.25, 0.3) is 0 Å². The second-order valence-electron chi connectivity index (χ2n) is 4.81. The Bertz CT molecular complexity index is 239. The van der Waals surface area contributed by atoms with Crippen molar-refractivity contribution in [1.29, 1.82) is 0 Å². The molecule has 0 fully saturated rings. The Hall–Kier alpha value is -0.900. The average Bonchev–Trinajstić information content (AvgIpc) is 2.47. The SMILES string of the molecule is CCCCCCCCOCOC(OC)=C(CCC)OC. The minimum absolute atomic E-state index is 0.217. The van der Waals surface area contributed by atoms with Crippen LogP contribution >= 0.6 is 0 Å². The van der Waals surface area contributed by atoms with Crippen molar-refractivity contribution in [2.24, 2.45) is 0 Å². The molecular weight excluding hydrogens is 256 g/mol. The van der Waals surface area contributed by atoms with Gasteiger partial charge in [-0.3, -0.25) is 0 Å². The fourth-order valence-electron chi connectivity index (χ4n) is 1.91. The number of methoxy groups -OCH3 is 2. The van der Waals surface area contributed by atoms with E-state index in [1.165, 1.54) is 32.1 Å². The lowest BCUT2D eigenvalue weighted by Gasteiger charge is -2.13. The average molecular weight is 288 g/mol. The summed E-state index contributed by atoms with van der Waals surface area (Å²) in [5.74, 6) is 1.16. The standard InChI is InChI=1S/C16H32O4/c1-5-7-8-9-10-11-13-19-14-20-16(18-4)15(17-3)12-6-2/h5-14H2,1-4H3. The van der Waals surface area contributed by atoms with Gasteiger partial charge in [0.2, 0.25) is 0 Å². The Balaban J connectivity index is 3.65.